The van der Waals surface area contributed by atoms with Gasteiger partial charge >= 0.3 is 6.18 Å². The van der Waals surface area contributed by atoms with Crippen LogP contribution >= 0.6 is 23.4 Å². The molecule has 0 radical (unpaired) electrons. The lowest BCUT2D eigenvalue weighted by molar-refractivity contribution is -0.137. The Hall–Kier alpha value is -1.79. The van der Waals surface area contributed by atoms with Gasteiger partial charge in [0.2, 0.25) is 0 Å². The molecule has 0 saturated heterocycles. The van der Waals surface area contributed by atoms with Crippen molar-refractivity contribution >= 4 is 29.1 Å². The summed E-state index contributed by atoms with van der Waals surface area (Å²) in [7, 11) is 0. The molecule has 0 aliphatic heterocycles. The van der Waals surface area contributed by atoms with E-state index in [9.17, 15) is 18.0 Å². The van der Waals surface area contributed by atoms with Gasteiger partial charge in [-0.25, -0.2) is 4.98 Å². The van der Waals surface area contributed by atoms with Gasteiger partial charge in [-0.1, -0.05) is 54.6 Å². The van der Waals surface area contributed by atoms with Gasteiger partial charge in [0.1, 0.15) is 5.03 Å². The number of halogens is 4. The number of pyridine rings is 1. The molecule has 0 atom stereocenters. The maximum absolute atomic E-state index is 12.5. The summed E-state index contributed by atoms with van der Waals surface area (Å²) in [5.41, 5.74) is 0.758. The fourth-order valence-corrected chi connectivity index (χ4v) is 2.73. The van der Waals surface area contributed by atoms with Crippen LogP contribution < -0.4 is 0 Å². The van der Waals surface area contributed by atoms with Crippen molar-refractivity contribution in [3.05, 3.63) is 69.7 Å². The van der Waals surface area contributed by atoms with Crippen molar-refractivity contribution in [1.82, 2.24) is 4.98 Å². The summed E-state index contributed by atoms with van der Waals surface area (Å²) >= 11 is 6.78. The quantitative estimate of drug-likeness (QED) is 0.377. The first-order chi connectivity index (χ1) is 11.3. The number of aromatic nitrogens is 1. The molecule has 24 heavy (non-hydrogen) atoms. The molecule has 0 aliphatic carbocycles. The normalized spacial score (nSPS) is 11.9. The summed E-state index contributed by atoms with van der Waals surface area (Å²) in [5, 5.41) is 1.55. The van der Waals surface area contributed by atoms with E-state index in [1.54, 1.807) is 12.1 Å². The first kappa shape index (κ1) is 18.5. The van der Waals surface area contributed by atoms with Gasteiger partial charge in [0.25, 0.3) is 0 Å². The van der Waals surface area contributed by atoms with Crippen molar-refractivity contribution in [2.24, 2.45) is 0 Å². The lowest BCUT2D eigenvalue weighted by Crippen LogP contribution is -2.05. The summed E-state index contributed by atoms with van der Waals surface area (Å²) in [4.78, 5) is 15.7. The maximum Gasteiger partial charge on any atom is 0.417 e. The van der Waals surface area contributed by atoms with E-state index in [4.69, 9.17) is 11.6 Å². The van der Waals surface area contributed by atoms with E-state index >= 15 is 0 Å². The average molecular weight is 372 g/mol. The lowest BCUT2D eigenvalue weighted by Gasteiger charge is -2.07. The molecule has 2 nitrogen and oxygen atoms in total. The largest absolute Gasteiger partial charge is 0.417 e. The standard InChI is InChI=1S/C17H13ClF3NOS/c1-2-11-3-5-12(6-4-11)15(23)7-8-24-16-14(18)9-13(10-22-16)17(19,20)21/h3-10H,2H2,1H3/b8-7+. The van der Waals surface area contributed by atoms with Crippen molar-refractivity contribution < 1.29 is 18.0 Å². The Labute approximate surface area is 146 Å². The Morgan fingerprint density at radius 2 is 1.96 bits per heavy atom. The van der Waals surface area contributed by atoms with Crippen LogP contribution in [0.4, 0.5) is 13.2 Å². The number of rotatable bonds is 5. The number of allylic oxidation sites excluding steroid dienone is 1. The highest BCUT2D eigenvalue weighted by molar-refractivity contribution is 8.02. The third-order valence-electron chi connectivity index (χ3n) is 3.18. The van der Waals surface area contributed by atoms with Gasteiger partial charge in [-0.2, -0.15) is 13.2 Å². The zero-order valence-electron chi connectivity index (χ0n) is 12.6. The van der Waals surface area contributed by atoms with Crippen molar-refractivity contribution in [2.45, 2.75) is 24.5 Å². The molecule has 0 fully saturated rings. The second-order valence-corrected chi connectivity index (χ2v) is 6.15. The van der Waals surface area contributed by atoms with Crippen LogP contribution in [0, 0.1) is 0 Å². The molecule has 0 spiro atoms. The zero-order chi connectivity index (χ0) is 17.7. The predicted molar refractivity (Wildman–Crippen MR) is 89.4 cm³/mol. The van der Waals surface area contributed by atoms with Crippen molar-refractivity contribution in [1.29, 1.82) is 0 Å². The number of carbonyl (C=O) groups is 1. The van der Waals surface area contributed by atoms with Crippen LogP contribution in [-0.2, 0) is 12.6 Å². The molecule has 1 aromatic heterocycles. The molecular weight excluding hydrogens is 359 g/mol. The average Bonchev–Trinajstić information content (AvgIpc) is 2.55. The van der Waals surface area contributed by atoms with Gasteiger partial charge in [0.15, 0.2) is 5.78 Å². The highest BCUT2D eigenvalue weighted by Crippen LogP contribution is 2.33. The first-order valence-corrected chi connectivity index (χ1v) is 8.26. The fourth-order valence-electron chi connectivity index (χ4n) is 1.83. The molecule has 1 heterocycles. The van der Waals surface area contributed by atoms with Crippen LogP contribution in [0.25, 0.3) is 0 Å². The van der Waals surface area contributed by atoms with Gasteiger partial charge in [-0.3, -0.25) is 4.79 Å². The monoisotopic (exact) mass is 371 g/mol. The number of aryl methyl sites for hydroxylation is 1. The second kappa shape index (κ2) is 7.85. The van der Waals surface area contributed by atoms with Crippen molar-refractivity contribution in [2.75, 3.05) is 0 Å². The minimum atomic E-state index is -4.49. The number of nitrogens with zero attached hydrogens (tertiary/aromatic N) is 1. The topological polar surface area (TPSA) is 30.0 Å². The van der Waals surface area contributed by atoms with Crippen molar-refractivity contribution in [3.63, 3.8) is 0 Å². The van der Waals surface area contributed by atoms with E-state index in [-0.39, 0.29) is 15.8 Å². The molecule has 0 unspecified atom stereocenters. The molecule has 2 aromatic rings. The molecule has 0 amide bonds. The number of hydrogen-bond donors (Lipinski definition) is 0. The van der Waals surface area contributed by atoms with Crippen LogP contribution in [0.1, 0.15) is 28.4 Å². The summed E-state index contributed by atoms with van der Waals surface area (Å²) in [6, 6.07) is 8.04. The van der Waals surface area contributed by atoms with E-state index in [1.807, 2.05) is 19.1 Å². The minimum Gasteiger partial charge on any atom is -0.289 e. The molecule has 1 aromatic carbocycles. The maximum atomic E-state index is 12.5. The second-order valence-electron chi connectivity index (χ2n) is 4.84. The van der Waals surface area contributed by atoms with Crippen LogP contribution in [0.3, 0.4) is 0 Å². The fraction of sp³-hybridized carbons (Fsp3) is 0.176. The molecular formula is C17H13ClF3NOS. The van der Waals surface area contributed by atoms with Gasteiger partial charge in [-0.05, 0) is 29.5 Å². The molecule has 0 aliphatic rings. The van der Waals surface area contributed by atoms with Gasteiger partial charge < -0.3 is 0 Å². The van der Waals surface area contributed by atoms with Gasteiger partial charge in [-0.15, -0.1) is 0 Å². The highest BCUT2D eigenvalue weighted by Gasteiger charge is 2.31. The Kier molecular flexibility index (Phi) is 6.07. The van der Waals surface area contributed by atoms with Gasteiger partial charge in [0.05, 0.1) is 10.6 Å². The Bertz CT molecular complexity index is 757. The number of ketones is 1. The third kappa shape index (κ3) is 4.85. The van der Waals surface area contributed by atoms with Crippen LogP contribution in [-0.4, -0.2) is 10.8 Å². The smallest absolute Gasteiger partial charge is 0.289 e. The molecule has 0 N–H and O–H groups in total. The number of benzene rings is 1. The minimum absolute atomic E-state index is 0.112. The lowest BCUT2D eigenvalue weighted by atomic mass is 10.1. The van der Waals surface area contributed by atoms with Crippen molar-refractivity contribution in [3.8, 4) is 0 Å². The number of thioether (sulfide) groups is 1. The van der Waals surface area contributed by atoms with E-state index < -0.39 is 11.7 Å². The van der Waals surface area contributed by atoms with E-state index in [1.165, 1.54) is 11.5 Å². The predicted octanol–water partition coefficient (Wildman–Crippen LogP) is 5.80. The highest BCUT2D eigenvalue weighted by atomic mass is 35.5. The molecule has 7 heteroatoms. The van der Waals surface area contributed by atoms with Crippen LogP contribution in [0.2, 0.25) is 5.02 Å². The number of alkyl halides is 3. The van der Waals surface area contributed by atoms with Crippen LogP contribution in [0.5, 0.6) is 0 Å². The molecule has 2 rings (SSSR count). The summed E-state index contributed by atoms with van der Waals surface area (Å²) in [6.07, 6.45) is -1.55. The molecule has 0 saturated carbocycles. The van der Waals surface area contributed by atoms with Gasteiger partial charge in [0, 0.05) is 11.8 Å². The molecule has 0 bridgehead atoms. The zero-order valence-corrected chi connectivity index (χ0v) is 14.2. The van der Waals surface area contributed by atoms with Crippen LogP contribution in [0.15, 0.2) is 53.0 Å². The summed E-state index contributed by atoms with van der Waals surface area (Å²) in [6.45, 7) is 2.02. The number of hydrogen-bond acceptors (Lipinski definition) is 3. The van der Waals surface area contributed by atoms with E-state index in [0.717, 1.165) is 29.8 Å². The Morgan fingerprint density at radius 1 is 1.29 bits per heavy atom. The Morgan fingerprint density at radius 3 is 2.50 bits per heavy atom. The third-order valence-corrected chi connectivity index (χ3v) is 4.40. The van der Waals surface area contributed by atoms with E-state index in [2.05, 4.69) is 4.98 Å². The summed E-state index contributed by atoms with van der Waals surface area (Å²) < 4.78 is 37.6. The number of carbonyl (C=O) groups excluding carboxylic acids is 1. The van der Waals surface area contributed by atoms with E-state index in [0.29, 0.717) is 11.8 Å². The first-order valence-electron chi connectivity index (χ1n) is 7.00. The molecule has 126 valence electrons. The Balaban J connectivity index is 2.04. The SMILES string of the molecule is CCc1ccc(C(=O)/C=C/Sc2ncc(C(F)(F)F)cc2Cl)cc1. The summed E-state index contributed by atoms with van der Waals surface area (Å²) in [5.74, 6) is -0.201.